The molecule has 1 atom stereocenters. The van der Waals surface area contributed by atoms with E-state index in [-0.39, 0.29) is 6.61 Å². The van der Waals surface area contributed by atoms with Crippen LogP contribution in [0.2, 0.25) is 0 Å². The van der Waals surface area contributed by atoms with Crippen LogP contribution >= 0.6 is 0 Å². The van der Waals surface area contributed by atoms with Crippen LogP contribution in [0.3, 0.4) is 0 Å². The molecule has 0 aliphatic carbocycles. The van der Waals surface area contributed by atoms with E-state index < -0.39 is 0 Å². The fourth-order valence-corrected chi connectivity index (χ4v) is 2.52. The van der Waals surface area contributed by atoms with Gasteiger partial charge in [0.1, 0.15) is 0 Å². The fourth-order valence-electron chi connectivity index (χ4n) is 2.52. The van der Waals surface area contributed by atoms with Crippen LogP contribution in [0.15, 0.2) is 0 Å². The molecule has 2 heterocycles. The Balaban J connectivity index is 2.05. The molecule has 0 bridgehead atoms. The zero-order valence-electron chi connectivity index (χ0n) is 7.38. The third-order valence-electron chi connectivity index (χ3n) is 3.42. The Hall–Kier alpha value is -0.120. The van der Waals surface area contributed by atoms with Gasteiger partial charge in [0.2, 0.25) is 0 Å². The molecule has 12 heavy (non-hydrogen) atoms. The molecule has 2 aliphatic heterocycles. The molecule has 0 aromatic rings. The summed E-state index contributed by atoms with van der Waals surface area (Å²) in [5, 5.41) is 12.5. The second-order valence-electron chi connectivity index (χ2n) is 3.91. The van der Waals surface area contributed by atoms with E-state index in [1.54, 1.807) is 0 Å². The van der Waals surface area contributed by atoms with Crippen LogP contribution in [0.1, 0.15) is 19.3 Å². The smallest absolute Gasteiger partial charge is 0.0590 e. The highest BCUT2D eigenvalue weighted by Crippen LogP contribution is 2.40. The minimum Gasteiger partial charge on any atom is -0.395 e. The predicted molar refractivity (Wildman–Crippen MR) is 46.0 cm³/mol. The van der Waals surface area contributed by atoms with Gasteiger partial charge in [0, 0.05) is 19.3 Å². The molecule has 1 unspecified atom stereocenters. The van der Waals surface area contributed by atoms with Crippen LogP contribution in [0.4, 0.5) is 0 Å². The highest BCUT2D eigenvalue weighted by molar-refractivity contribution is 4.97. The number of rotatable bonds is 1. The Labute approximate surface area is 73.1 Å². The molecule has 2 saturated heterocycles. The van der Waals surface area contributed by atoms with E-state index in [1.807, 2.05) is 0 Å². The van der Waals surface area contributed by atoms with Gasteiger partial charge in [-0.3, -0.25) is 0 Å². The number of aliphatic hydroxyl groups is 1. The van der Waals surface area contributed by atoms with Crippen molar-refractivity contribution >= 4 is 0 Å². The molecule has 1 spiro atoms. The van der Waals surface area contributed by atoms with Gasteiger partial charge in [-0.25, -0.2) is 0 Å². The van der Waals surface area contributed by atoms with E-state index in [9.17, 15) is 5.11 Å². The number of ether oxygens (including phenoxy) is 1. The molecule has 2 aliphatic rings. The molecular formula is C9H17NO2. The summed E-state index contributed by atoms with van der Waals surface area (Å²) in [7, 11) is 0. The topological polar surface area (TPSA) is 41.5 Å². The van der Waals surface area contributed by atoms with Crippen molar-refractivity contribution in [3.8, 4) is 0 Å². The predicted octanol–water partition coefficient (Wildman–Crippen LogP) is 0.137. The van der Waals surface area contributed by atoms with Crippen LogP contribution in [0.5, 0.6) is 0 Å². The van der Waals surface area contributed by atoms with Gasteiger partial charge in [-0.05, 0) is 31.2 Å². The summed E-state index contributed by atoms with van der Waals surface area (Å²) < 4.78 is 5.34. The van der Waals surface area contributed by atoms with Crippen LogP contribution < -0.4 is 5.32 Å². The molecule has 2 rings (SSSR count). The van der Waals surface area contributed by atoms with Gasteiger partial charge < -0.3 is 15.2 Å². The van der Waals surface area contributed by atoms with E-state index in [0.717, 1.165) is 32.6 Å². The summed E-state index contributed by atoms with van der Waals surface area (Å²) in [4.78, 5) is 0. The third kappa shape index (κ3) is 1.26. The van der Waals surface area contributed by atoms with Crippen molar-refractivity contribution in [2.45, 2.75) is 25.3 Å². The summed E-state index contributed by atoms with van der Waals surface area (Å²) in [6, 6.07) is 0.321. The Bertz CT molecular complexity index is 155. The van der Waals surface area contributed by atoms with Crippen LogP contribution in [0.25, 0.3) is 0 Å². The van der Waals surface area contributed by atoms with E-state index >= 15 is 0 Å². The molecule has 0 aromatic carbocycles. The first-order chi connectivity index (χ1) is 5.87. The number of nitrogens with one attached hydrogen (secondary N) is 1. The Morgan fingerprint density at radius 3 is 2.75 bits per heavy atom. The molecule has 2 fully saturated rings. The van der Waals surface area contributed by atoms with E-state index in [1.165, 1.54) is 6.42 Å². The molecule has 2 N–H and O–H groups in total. The average Bonchev–Trinajstić information content (AvgIpc) is 2.49. The summed E-state index contributed by atoms with van der Waals surface area (Å²) in [6.07, 6.45) is 3.44. The lowest BCUT2D eigenvalue weighted by atomic mass is 9.74. The van der Waals surface area contributed by atoms with Crippen LogP contribution in [-0.4, -0.2) is 37.5 Å². The minimum atomic E-state index is 0.278. The molecular weight excluding hydrogens is 154 g/mol. The first-order valence-corrected chi connectivity index (χ1v) is 4.79. The second kappa shape index (κ2) is 3.32. The number of hydrogen-bond donors (Lipinski definition) is 2. The standard InChI is InChI=1S/C9H17NO2/c11-7-8-9(1-4-10-8)2-5-12-6-3-9/h8,10-11H,1-7H2. The van der Waals surface area contributed by atoms with Gasteiger partial charge in [-0.1, -0.05) is 0 Å². The summed E-state index contributed by atoms with van der Waals surface area (Å²) in [6.45, 7) is 3.08. The van der Waals surface area contributed by atoms with Crippen molar-refractivity contribution in [2.75, 3.05) is 26.4 Å². The van der Waals surface area contributed by atoms with Gasteiger partial charge in [0.25, 0.3) is 0 Å². The zero-order chi connectivity index (χ0) is 8.44. The molecule has 0 radical (unpaired) electrons. The minimum absolute atomic E-state index is 0.278. The summed E-state index contributed by atoms with van der Waals surface area (Å²) in [5.41, 5.74) is 0.354. The maximum atomic E-state index is 9.18. The quantitative estimate of drug-likeness (QED) is 0.589. The van der Waals surface area contributed by atoms with E-state index in [2.05, 4.69) is 5.32 Å². The van der Waals surface area contributed by atoms with Gasteiger partial charge in [0.15, 0.2) is 0 Å². The molecule has 70 valence electrons. The highest BCUT2D eigenvalue weighted by atomic mass is 16.5. The Morgan fingerprint density at radius 1 is 1.33 bits per heavy atom. The maximum absolute atomic E-state index is 9.18. The molecule has 0 amide bonds. The first kappa shape index (κ1) is 8.48. The van der Waals surface area contributed by atoms with Gasteiger partial charge in [-0.15, -0.1) is 0 Å². The van der Waals surface area contributed by atoms with Crippen molar-refractivity contribution in [1.29, 1.82) is 0 Å². The van der Waals surface area contributed by atoms with Gasteiger partial charge >= 0.3 is 0 Å². The van der Waals surface area contributed by atoms with Crippen molar-refractivity contribution in [3.63, 3.8) is 0 Å². The average molecular weight is 171 g/mol. The van der Waals surface area contributed by atoms with E-state index in [0.29, 0.717) is 11.5 Å². The van der Waals surface area contributed by atoms with Crippen molar-refractivity contribution in [1.82, 2.24) is 5.32 Å². The molecule has 0 saturated carbocycles. The first-order valence-electron chi connectivity index (χ1n) is 4.79. The lowest BCUT2D eigenvalue weighted by molar-refractivity contribution is -0.00130. The Kier molecular flexibility index (Phi) is 2.35. The number of aliphatic hydroxyl groups excluding tert-OH is 1. The van der Waals surface area contributed by atoms with Gasteiger partial charge in [0.05, 0.1) is 6.61 Å². The second-order valence-corrected chi connectivity index (χ2v) is 3.91. The molecule has 3 nitrogen and oxygen atoms in total. The Morgan fingerprint density at radius 2 is 2.08 bits per heavy atom. The lowest BCUT2D eigenvalue weighted by Crippen LogP contribution is -2.43. The SMILES string of the molecule is OCC1NCCC12CCOCC2. The van der Waals surface area contributed by atoms with Crippen LogP contribution in [-0.2, 0) is 4.74 Å². The fraction of sp³-hybridized carbons (Fsp3) is 1.00. The van der Waals surface area contributed by atoms with Crippen molar-refractivity contribution in [3.05, 3.63) is 0 Å². The largest absolute Gasteiger partial charge is 0.395 e. The van der Waals surface area contributed by atoms with Crippen molar-refractivity contribution < 1.29 is 9.84 Å². The lowest BCUT2D eigenvalue weighted by Gasteiger charge is -2.37. The number of hydrogen-bond acceptors (Lipinski definition) is 3. The maximum Gasteiger partial charge on any atom is 0.0590 e. The van der Waals surface area contributed by atoms with Gasteiger partial charge in [-0.2, -0.15) is 0 Å². The van der Waals surface area contributed by atoms with Crippen molar-refractivity contribution in [2.24, 2.45) is 5.41 Å². The van der Waals surface area contributed by atoms with Crippen LogP contribution in [0, 0.1) is 5.41 Å². The summed E-state index contributed by atoms with van der Waals surface area (Å²) in [5.74, 6) is 0. The normalized spacial score (nSPS) is 34.2. The third-order valence-corrected chi connectivity index (χ3v) is 3.42. The highest BCUT2D eigenvalue weighted by Gasteiger charge is 2.43. The zero-order valence-corrected chi connectivity index (χ0v) is 7.38. The monoisotopic (exact) mass is 171 g/mol. The van der Waals surface area contributed by atoms with E-state index in [4.69, 9.17) is 4.74 Å². The summed E-state index contributed by atoms with van der Waals surface area (Å²) >= 11 is 0. The molecule has 3 heteroatoms. The molecule has 0 aromatic heterocycles.